The lowest BCUT2D eigenvalue weighted by molar-refractivity contribution is -0.117. The second kappa shape index (κ2) is 7.32. The molecule has 0 spiro atoms. The van der Waals surface area contributed by atoms with E-state index >= 15 is 0 Å². The minimum atomic E-state index is -0.516. The van der Waals surface area contributed by atoms with Crippen LogP contribution in [0.2, 0.25) is 0 Å². The van der Waals surface area contributed by atoms with E-state index in [0.29, 0.717) is 23.5 Å². The van der Waals surface area contributed by atoms with Gasteiger partial charge in [0.25, 0.3) is 5.91 Å². The largest absolute Gasteiger partial charge is 0.321 e. The first-order chi connectivity index (χ1) is 13.1. The quantitative estimate of drug-likeness (QED) is 0.697. The van der Waals surface area contributed by atoms with E-state index in [0.717, 1.165) is 17.5 Å². The molecule has 2 aromatic carbocycles. The number of anilines is 2. The van der Waals surface area contributed by atoms with Crippen LogP contribution >= 0.6 is 11.3 Å². The summed E-state index contributed by atoms with van der Waals surface area (Å²) in [7, 11) is 0. The molecule has 136 valence electrons. The number of nitrogens with zero attached hydrogens (tertiary/aromatic N) is 1. The Bertz CT molecular complexity index is 1000. The van der Waals surface area contributed by atoms with Crippen molar-refractivity contribution in [2.24, 2.45) is 0 Å². The summed E-state index contributed by atoms with van der Waals surface area (Å²) in [5.41, 5.74) is 2.42. The zero-order valence-electron chi connectivity index (χ0n) is 14.4. The third-order valence-corrected chi connectivity index (χ3v) is 5.44. The monoisotopic (exact) mass is 380 g/mol. The van der Waals surface area contributed by atoms with Crippen molar-refractivity contribution in [2.45, 2.75) is 12.8 Å². The predicted octanol–water partition coefficient (Wildman–Crippen LogP) is 4.93. The van der Waals surface area contributed by atoms with Gasteiger partial charge in [-0.1, -0.05) is 30.3 Å². The summed E-state index contributed by atoms with van der Waals surface area (Å²) in [5.74, 6) is -0.873. The molecule has 0 bridgehead atoms. The van der Waals surface area contributed by atoms with Crippen LogP contribution in [0.1, 0.15) is 22.5 Å². The minimum Gasteiger partial charge on any atom is -0.321 e. The third-order valence-electron chi connectivity index (χ3n) is 4.53. The molecule has 3 aromatic rings. The van der Waals surface area contributed by atoms with Gasteiger partial charge in [0.05, 0.1) is 10.6 Å². The van der Waals surface area contributed by atoms with Crippen LogP contribution in [0.3, 0.4) is 0 Å². The topological polar surface area (TPSA) is 49.4 Å². The van der Waals surface area contributed by atoms with E-state index in [2.05, 4.69) is 5.32 Å². The number of hydrogen-bond donors (Lipinski definition) is 1. The molecule has 1 N–H and O–H groups in total. The summed E-state index contributed by atoms with van der Waals surface area (Å²) < 4.78 is 14.5. The zero-order chi connectivity index (χ0) is 18.8. The van der Waals surface area contributed by atoms with Gasteiger partial charge in [0, 0.05) is 24.2 Å². The Hall–Kier alpha value is -2.99. The highest BCUT2D eigenvalue weighted by molar-refractivity contribution is 7.12. The maximum absolute atomic E-state index is 14.5. The second-order valence-electron chi connectivity index (χ2n) is 6.30. The summed E-state index contributed by atoms with van der Waals surface area (Å²) in [6, 6.07) is 16.0. The van der Waals surface area contributed by atoms with E-state index < -0.39 is 5.82 Å². The van der Waals surface area contributed by atoms with Gasteiger partial charge in [0.2, 0.25) is 5.91 Å². The number of nitrogens with one attached hydrogen (secondary N) is 1. The van der Waals surface area contributed by atoms with E-state index in [1.54, 1.807) is 12.1 Å². The Morgan fingerprint density at radius 1 is 1.11 bits per heavy atom. The molecular formula is C21H17FN2O2S. The van der Waals surface area contributed by atoms with Gasteiger partial charge in [0.1, 0.15) is 5.82 Å². The van der Waals surface area contributed by atoms with Crippen molar-refractivity contribution in [3.05, 3.63) is 70.7 Å². The molecule has 2 heterocycles. The number of thiophene rings is 1. The molecule has 4 nitrogen and oxygen atoms in total. The number of rotatable bonds is 4. The van der Waals surface area contributed by atoms with Gasteiger partial charge in [-0.15, -0.1) is 11.3 Å². The van der Waals surface area contributed by atoms with E-state index in [1.165, 1.54) is 22.3 Å². The van der Waals surface area contributed by atoms with Crippen LogP contribution in [0, 0.1) is 5.82 Å². The number of carbonyl (C=O) groups excluding carboxylic acids is 2. The molecule has 0 aliphatic carbocycles. The Kier molecular flexibility index (Phi) is 4.73. The maximum atomic E-state index is 14.5. The Labute approximate surface area is 160 Å². The Morgan fingerprint density at radius 2 is 1.93 bits per heavy atom. The fraction of sp³-hybridized carbons (Fsp3) is 0.143. The first-order valence-electron chi connectivity index (χ1n) is 8.67. The van der Waals surface area contributed by atoms with E-state index in [1.807, 2.05) is 41.8 Å². The lowest BCUT2D eigenvalue weighted by atomic mass is 10.1. The normalized spacial score (nSPS) is 13.8. The van der Waals surface area contributed by atoms with Gasteiger partial charge in [-0.3, -0.25) is 9.59 Å². The fourth-order valence-electron chi connectivity index (χ4n) is 3.22. The number of amides is 2. The van der Waals surface area contributed by atoms with Gasteiger partial charge in [-0.05, 0) is 41.6 Å². The molecule has 1 saturated heterocycles. The van der Waals surface area contributed by atoms with Crippen molar-refractivity contribution in [3.8, 4) is 11.1 Å². The second-order valence-corrected chi connectivity index (χ2v) is 7.21. The fourth-order valence-corrected chi connectivity index (χ4v) is 4.04. The predicted molar refractivity (Wildman–Crippen MR) is 106 cm³/mol. The molecule has 4 rings (SSSR count). The van der Waals surface area contributed by atoms with Gasteiger partial charge in [0.15, 0.2) is 0 Å². The van der Waals surface area contributed by atoms with Crippen molar-refractivity contribution < 1.29 is 14.0 Å². The smallest absolute Gasteiger partial charge is 0.266 e. The molecular weight excluding hydrogens is 363 g/mol. The summed E-state index contributed by atoms with van der Waals surface area (Å²) in [4.78, 5) is 26.5. The Balaban J connectivity index is 1.55. The Morgan fingerprint density at radius 3 is 2.63 bits per heavy atom. The molecule has 0 saturated carbocycles. The maximum Gasteiger partial charge on any atom is 0.266 e. The van der Waals surface area contributed by atoms with Crippen LogP contribution in [0.15, 0.2) is 60.0 Å². The summed E-state index contributed by atoms with van der Waals surface area (Å²) >= 11 is 1.34. The molecule has 2 amide bonds. The highest BCUT2D eigenvalue weighted by Gasteiger charge is 2.24. The highest BCUT2D eigenvalue weighted by atomic mass is 32.1. The standard InChI is InChI=1S/C21H17FN2O2S/c22-17-13-15(8-9-18(17)24-11-4-7-19(24)25)23-21(26)20-16(10-12-27-20)14-5-2-1-3-6-14/h1-3,5-6,8-10,12-13H,4,7,11H2,(H,23,26). The first kappa shape index (κ1) is 17.4. The minimum absolute atomic E-state index is 0.0724. The molecule has 1 fully saturated rings. The van der Waals surface area contributed by atoms with Gasteiger partial charge < -0.3 is 10.2 Å². The van der Waals surface area contributed by atoms with Crippen LogP contribution in [0.5, 0.6) is 0 Å². The molecule has 0 atom stereocenters. The number of benzene rings is 2. The van der Waals surface area contributed by atoms with Crippen molar-refractivity contribution in [2.75, 3.05) is 16.8 Å². The van der Waals surface area contributed by atoms with Crippen LogP contribution in [0.4, 0.5) is 15.8 Å². The third kappa shape index (κ3) is 3.48. The number of halogens is 1. The molecule has 6 heteroatoms. The lowest BCUT2D eigenvalue weighted by Gasteiger charge is -2.17. The molecule has 1 aliphatic rings. The molecule has 0 unspecified atom stereocenters. The van der Waals surface area contributed by atoms with Gasteiger partial charge >= 0.3 is 0 Å². The average molecular weight is 380 g/mol. The molecule has 27 heavy (non-hydrogen) atoms. The number of carbonyl (C=O) groups is 2. The van der Waals surface area contributed by atoms with E-state index in [-0.39, 0.29) is 17.5 Å². The van der Waals surface area contributed by atoms with Crippen LogP contribution < -0.4 is 10.2 Å². The zero-order valence-corrected chi connectivity index (χ0v) is 15.3. The molecule has 0 radical (unpaired) electrons. The SMILES string of the molecule is O=C(Nc1ccc(N2CCCC2=O)c(F)c1)c1sccc1-c1ccccc1. The van der Waals surface area contributed by atoms with Crippen LogP contribution in [-0.2, 0) is 4.79 Å². The lowest BCUT2D eigenvalue weighted by Crippen LogP contribution is -2.24. The summed E-state index contributed by atoms with van der Waals surface area (Å²) in [6.07, 6.45) is 1.18. The van der Waals surface area contributed by atoms with Crippen molar-refractivity contribution >= 4 is 34.5 Å². The molecule has 1 aromatic heterocycles. The molecule has 1 aliphatic heterocycles. The highest BCUT2D eigenvalue weighted by Crippen LogP contribution is 2.30. The average Bonchev–Trinajstić information content (AvgIpc) is 3.32. The number of hydrogen-bond acceptors (Lipinski definition) is 3. The van der Waals surface area contributed by atoms with Gasteiger partial charge in [-0.2, -0.15) is 0 Å². The van der Waals surface area contributed by atoms with Crippen molar-refractivity contribution in [3.63, 3.8) is 0 Å². The van der Waals surface area contributed by atoms with Crippen LogP contribution in [0.25, 0.3) is 11.1 Å². The first-order valence-corrected chi connectivity index (χ1v) is 9.55. The summed E-state index contributed by atoms with van der Waals surface area (Å²) in [6.45, 7) is 0.525. The van der Waals surface area contributed by atoms with Gasteiger partial charge in [-0.25, -0.2) is 4.39 Å². The van der Waals surface area contributed by atoms with Crippen molar-refractivity contribution in [1.82, 2.24) is 0 Å². The van der Waals surface area contributed by atoms with Crippen molar-refractivity contribution in [1.29, 1.82) is 0 Å². The van der Waals surface area contributed by atoms with Crippen LogP contribution in [-0.4, -0.2) is 18.4 Å². The summed E-state index contributed by atoms with van der Waals surface area (Å²) in [5, 5.41) is 4.61. The van der Waals surface area contributed by atoms with E-state index in [4.69, 9.17) is 0 Å². The van der Waals surface area contributed by atoms with E-state index in [9.17, 15) is 14.0 Å².